The number of nitrogens with zero attached hydrogens (tertiary/aromatic N) is 4. The fourth-order valence-corrected chi connectivity index (χ4v) is 5.19. The molecule has 1 aromatic heterocycles. The molecule has 0 aliphatic rings. The summed E-state index contributed by atoms with van der Waals surface area (Å²) in [5.74, 6) is -7.15. The highest BCUT2D eigenvalue weighted by Gasteiger charge is 2.28. The maximum atomic E-state index is 12.9. The quantitative estimate of drug-likeness (QED) is 0.0850. The number of benzene rings is 1. The van der Waals surface area contributed by atoms with Gasteiger partial charge in [-0.25, -0.2) is 4.79 Å². The van der Waals surface area contributed by atoms with Crippen molar-refractivity contribution in [3.63, 3.8) is 0 Å². The summed E-state index contributed by atoms with van der Waals surface area (Å²) < 4.78 is 1.08. The van der Waals surface area contributed by atoms with Crippen molar-refractivity contribution < 1.29 is 64.2 Å². The Morgan fingerprint density at radius 2 is 1.23 bits per heavy atom. The van der Waals surface area contributed by atoms with Crippen molar-refractivity contribution in [2.24, 2.45) is 0 Å². The van der Waals surface area contributed by atoms with E-state index in [2.05, 4.69) is 5.32 Å². The largest absolute Gasteiger partial charge is 0.480 e. The second-order valence-electron chi connectivity index (χ2n) is 10.9. The molecule has 7 N–H and O–H groups in total. The van der Waals surface area contributed by atoms with E-state index in [9.17, 15) is 43.8 Å². The molecular formula is C29H39N5O13. The van der Waals surface area contributed by atoms with Crippen LogP contribution < -0.4 is 5.32 Å². The summed E-state index contributed by atoms with van der Waals surface area (Å²) in [4.78, 5) is 85.3. The van der Waals surface area contributed by atoms with E-state index in [0.717, 1.165) is 14.4 Å². The van der Waals surface area contributed by atoms with Crippen molar-refractivity contribution in [1.82, 2.24) is 24.6 Å². The second-order valence-corrected chi connectivity index (χ2v) is 10.9. The zero-order valence-corrected chi connectivity index (χ0v) is 25.6. The summed E-state index contributed by atoms with van der Waals surface area (Å²) in [6.45, 7) is -1.76. The molecule has 0 saturated heterocycles. The van der Waals surface area contributed by atoms with Crippen LogP contribution >= 0.6 is 0 Å². The molecule has 1 amide bonds. The monoisotopic (exact) mass is 665 g/mol. The van der Waals surface area contributed by atoms with Crippen LogP contribution in [0.1, 0.15) is 25.3 Å². The van der Waals surface area contributed by atoms with Crippen molar-refractivity contribution in [2.45, 2.75) is 38.3 Å². The van der Waals surface area contributed by atoms with Crippen LogP contribution in [-0.2, 0) is 35.2 Å². The molecule has 1 unspecified atom stereocenters. The summed E-state index contributed by atoms with van der Waals surface area (Å²) >= 11 is 0. The van der Waals surface area contributed by atoms with Crippen LogP contribution in [0.4, 0.5) is 4.79 Å². The molecule has 1 aromatic carbocycles. The van der Waals surface area contributed by atoms with E-state index < -0.39 is 80.1 Å². The fourth-order valence-electron chi connectivity index (χ4n) is 5.19. The number of hydrogen-bond acceptors (Lipinski definition) is 10. The number of hydrogen-bond donors (Lipinski definition) is 7. The Kier molecular flexibility index (Phi) is 14.7. The van der Waals surface area contributed by atoms with E-state index in [4.69, 9.17) is 20.4 Å². The van der Waals surface area contributed by atoms with Crippen molar-refractivity contribution in [3.8, 4) is 0 Å². The van der Waals surface area contributed by atoms with Crippen molar-refractivity contribution >= 4 is 52.7 Å². The number of carboxylic acids is 5. The van der Waals surface area contributed by atoms with Gasteiger partial charge in [-0.05, 0) is 31.4 Å². The molecule has 0 saturated carbocycles. The Bertz CT molecular complexity index is 1390. The average molecular weight is 666 g/mol. The van der Waals surface area contributed by atoms with E-state index in [0.29, 0.717) is 16.5 Å². The first-order valence-corrected chi connectivity index (χ1v) is 14.5. The fraction of sp³-hybridized carbons (Fsp3) is 0.483. The minimum absolute atomic E-state index is 0.197. The molecule has 0 radical (unpaired) electrons. The van der Waals surface area contributed by atoms with Crippen LogP contribution in [-0.4, -0.2) is 156 Å². The lowest BCUT2D eigenvalue weighted by molar-refractivity contribution is -0.146. The third kappa shape index (κ3) is 13.1. The van der Waals surface area contributed by atoms with Crippen LogP contribution in [0.3, 0.4) is 0 Å². The Balaban J connectivity index is 2.17. The number of nitrogens with one attached hydrogen (secondary N) is 1. The molecule has 47 heavy (non-hydrogen) atoms. The highest BCUT2D eigenvalue weighted by atomic mass is 16.4. The molecule has 0 aliphatic heterocycles. The molecule has 18 heteroatoms. The van der Waals surface area contributed by atoms with Gasteiger partial charge in [-0.2, -0.15) is 0 Å². The maximum absolute atomic E-state index is 12.9. The van der Waals surface area contributed by atoms with Crippen molar-refractivity contribution in [3.05, 3.63) is 36.0 Å². The van der Waals surface area contributed by atoms with E-state index in [-0.39, 0.29) is 45.4 Å². The molecule has 258 valence electrons. The molecule has 1 heterocycles. The Labute approximate surface area is 268 Å². The lowest BCUT2D eigenvalue weighted by Crippen LogP contribution is -2.50. The second kappa shape index (κ2) is 18.2. The minimum atomic E-state index is -1.36. The number of carbonyl (C=O) groups is 7. The van der Waals surface area contributed by atoms with Gasteiger partial charge in [0.15, 0.2) is 0 Å². The lowest BCUT2D eigenvalue weighted by atomic mass is 10.1. The number of aliphatic carboxylic acids is 5. The molecule has 2 aromatic rings. The van der Waals surface area contributed by atoms with Crippen molar-refractivity contribution in [2.75, 3.05) is 52.4 Å². The van der Waals surface area contributed by atoms with Gasteiger partial charge in [0.05, 0.1) is 31.7 Å². The topological polar surface area (TPSA) is 268 Å². The third-order valence-corrected chi connectivity index (χ3v) is 7.15. The van der Waals surface area contributed by atoms with E-state index in [1.54, 1.807) is 31.2 Å². The normalized spacial score (nSPS) is 12.7. The van der Waals surface area contributed by atoms with Gasteiger partial charge >= 0.3 is 35.9 Å². The lowest BCUT2D eigenvalue weighted by Gasteiger charge is -2.32. The summed E-state index contributed by atoms with van der Waals surface area (Å²) in [7, 11) is 0. The summed E-state index contributed by atoms with van der Waals surface area (Å²) in [5.41, 5.74) is 1.15. The van der Waals surface area contributed by atoms with Crippen LogP contribution in [0.5, 0.6) is 0 Å². The first kappa shape index (κ1) is 38.1. The number of aromatic nitrogens is 1. The Morgan fingerprint density at radius 1 is 0.745 bits per heavy atom. The van der Waals surface area contributed by atoms with Gasteiger partial charge in [0.25, 0.3) is 0 Å². The number of rotatable bonds is 22. The molecule has 0 fully saturated rings. The van der Waals surface area contributed by atoms with Gasteiger partial charge in [0.1, 0.15) is 6.04 Å². The van der Waals surface area contributed by atoms with Gasteiger partial charge in [0.2, 0.25) is 5.91 Å². The molecule has 2 atom stereocenters. The predicted octanol–water partition coefficient (Wildman–Crippen LogP) is -0.308. The minimum Gasteiger partial charge on any atom is -0.480 e. The smallest absolute Gasteiger partial charge is 0.416 e. The number of carboxylic acid groups (broad SMARTS) is 6. The van der Waals surface area contributed by atoms with Crippen LogP contribution in [0.2, 0.25) is 0 Å². The number of amides is 1. The highest BCUT2D eigenvalue weighted by Crippen LogP contribution is 2.22. The SMILES string of the molecule is C[C@H](Cc1cn(C(=O)O)c2ccccc12)NC(=O)CCC(C(=O)O)N(CCN(CC(=O)O)CC(=O)O)CCN(CC(=O)O)CC(=O)O. The molecule has 0 bridgehead atoms. The average Bonchev–Trinajstić information content (AvgIpc) is 3.30. The van der Waals surface area contributed by atoms with E-state index in [1.807, 2.05) is 0 Å². The zero-order chi connectivity index (χ0) is 35.3. The third-order valence-electron chi connectivity index (χ3n) is 7.15. The van der Waals surface area contributed by atoms with Gasteiger partial charge in [-0.1, -0.05) is 18.2 Å². The van der Waals surface area contributed by atoms with Gasteiger partial charge < -0.3 is 36.0 Å². The number of para-hydroxylation sites is 1. The van der Waals surface area contributed by atoms with E-state index >= 15 is 0 Å². The first-order chi connectivity index (χ1) is 22.1. The van der Waals surface area contributed by atoms with Gasteiger partial charge in [-0.3, -0.25) is 48.0 Å². The standard InChI is InChI=1S/C29H39N5O13/c1-18(12-19-13-34(29(46)47)21-5-3-2-4-20(19)21)30-23(35)7-6-22(28(44)45)33(10-8-31(14-24(36)37)15-25(38)39)11-9-32(16-26(40)41)17-27(42)43/h2-5,13,18,22H,6-12,14-17H2,1H3,(H,30,35)(H,36,37)(H,38,39)(H,40,41)(H,42,43)(H,44,45)(H,46,47)/t18-,22?/m1/s1. The Morgan fingerprint density at radius 3 is 1.68 bits per heavy atom. The molecule has 0 spiro atoms. The van der Waals surface area contributed by atoms with Crippen LogP contribution in [0.15, 0.2) is 30.5 Å². The number of fused-ring (bicyclic) bond motifs is 1. The predicted molar refractivity (Wildman–Crippen MR) is 162 cm³/mol. The van der Waals surface area contributed by atoms with Crippen LogP contribution in [0, 0.1) is 0 Å². The first-order valence-electron chi connectivity index (χ1n) is 14.5. The summed E-state index contributed by atoms with van der Waals surface area (Å²) in [6.07, 6.45) is 0.0340. The van der Waals surface area contributed by atoms with Gasteiger partial charge in [0, 0.05) is 50.2 Å². The van der Waals surface area contributed by atoms with E-state index in [1.165, 1.54) is 11.1 Å². The van der Waals surface area contributed by atoms with Gasteiger partial charge in [-0.15, -0.1) is 0 Å². The Hall–Kier alpha value is -5.07. The number of carbonyl (C=O) groups excluding carboxylic acids is 1. The highest BCUT2D eigenvalue weighted by molar-refractivity contribution is 5.91. The zero-order valence-electron chi connectivity index (χ0n) is 25.6. The summed E-state index contributed by atoms with van der Waals surface area (Å²) in [5, 5.41) is 59.7. The molecule has 0 aliphatic carbocycles. The van der Waals surface area contributed by atoms with Crippen LogP contribution in [0.25, 0.3) is 10.9 Å². The van der Waals surface area contributed by atoms with Crippen molar-refractivity contribution in [1.29, 1.82) is 0 Å². The maximum Gasteiger partial charge on any atom is 0.416 e. The molecule has 2 rings (SSSR count). The summed E-state index contributed by atoms with van der Waals surface area (Å²) in [6, 6.07) is 5.02. The molecular weight excluding hydrogens is 626 g/mol. The molecule has 18 nitrogen and oxygen atoms in total.